The number of nitrogens with zero attached hydrogens (tertiary/aromatic N) is 1. The van der Waals surface area contributed by atoms with Gasteiger partial charge in [0.1, 0.15) is 0 Å². The van der Waals surface area contributed by atoms with Gasteiger partial charge in [-0.05, 0) is 6.54 Å². The third-order valence-corrected chi connectivity index (χ3v) is 12.1. The molecule has 226 valence electrons. The second kappa shape index (κ2) is 22.6. The van der Waals surface area contributed by atoms with Crippen molar-refractivity contribution in [3.63, 3.8) is 0 Å². The second-order valence-electron chi connectivity index (χ2n) is 8.19. The Labute approximate surface area is 280 Å². The van der Waals surface area contributed by atoms with Crippen LogP contribution < -0.4 is 46.0 Å². The first kappa shape index (κ1) is 44.5. The Morgan fingerprint density at radius 2 is 0.732 bits per heavy atom. The van der Waals surface area contributed by atoms with Crippen LogP contribution in [0, 0.1) is 0 Å². The van der Waals surface area contributed by atoms with Crippen molar-refractivity contribution in [3.05, 3.63) is 121 Å². The zero-order valence-electron chi connectivity index (χ0n) is 22.3. The van der Waals surface area contributed by atoms with Crippen LogP contribution in [0.2, 0.25) is 0 Å². The molecule has 0 fully saturated rings. The van der Waals surface area contributed by atoms with E-state index in [4.69, 9.17) is 23.2 Å². The first-order valence-electron chi connectivity index (χ1n) is 11.7. The van der Waals surface area contributed by atoms with Crippen molar-refractivity contribution in [3.8, 4) is 0 Å². The number of rotatable bonds is 9. The van der Waals surface area contributed by atoms with Crippen molar-refractivity contribution in [2.24, 2.45) is 0 Å². The van der Waals surface area contributed by atoms with Crippen molar-refractivity contribution in [2.45, 2.75) is 6.92 Å². The van der Waals surface area contributed by atoms with E-state index in [0.29, 0.717) is 19.1 Å². The zero-order chi connectivity index (χ0) is 25.9. The SMILES string of the molecule is CCN(CP(=O)(c1ccccc1)c1ccccc1)CP(=O)(c1ccccc1)c1ccccc1.ClCCl.[Cl-].[Cl-].[Mo].[O-2].[O-2]. The largest absolute Gasteiger partial charge is 2.00 e. The van der Waals surface area contributed by atoms with Crippen molar-refractivity contribution in [1.82, 2.24) is 4.90 Å². The minimum Gasteiger partial charge on any atom is -2.00 e. The first-order chi connectivity index (χ1) is 17.5. The minimum absolute atomic E-state index is 0. The molecule has 0 amide bonds. The van der Waals surface area contributed by atoms with E-state index >= 15 is 0 Å². The molecule has 0 saturated carbocycles. The van der Waals surface area contributed by atoms with Crippen LogP contribution in [0.4, 0.5) is 0 Å². The number of hydrogen-bond donors (Lipinski definition) is 0. The third-order valence-electron chi connectivity index (χ3n) is 5.94. The molecular weight excluding hydrogens is 726 g/mol. The van der Waals surface area contributed by atoms with E-state index in [1.807, 2.05) is 128 Å². The van der Waals surface area contributed by atoms with Crippen LogP contribution in [-0.4, -0.2) is 29.4 Å². The van der Waals surface area contributed by atoms with Crippen LogP contribution in [0.1, 0.15) is 6.92 Å². The van der Waals surface area contributed by atoms with Crippen LogP contribution in [0.15, 0.2) is 121 Å². The number of benzene rings is 4. The minimum atomic E-state index is -2.96. The van der Waals surface area contributed by atoms with Gasteiger partial charge < -0.3 is 44.9 Å². The van der Waals surface area contributed by atoms with Crippen LogP contribution in [0.25, 0.3) is 0 Å². The number of alkyl halides is 2. The van der Waals surface area contributed by atoms with E-state index in [1.54, 1.807) is 0 Å². The van der Waals surface area contributed by atoms with E-state index in [2.05, 4.69) is 4.90 Å². The summed E-state index contributed by atoms with van der Waals surface area (Å²) in [5.41, 5.74) is 0. The van der Waals surface area contributed by atoms with Crippen molar-refractivity contribution < 1.29 is 66.0 Å². The average molecular weight is 757 g/mol. The quantitative estimate of drug-likeness (QED) is 0.141. The Kier molecular flexibility index (Phi) is 24.5. The van der Waals surface area contributed by atoms with Gasteiger partial charge in [0, 0.05) is 42.3 Å². The fourth-order valence-corrected chi connectivity index (χ4v) is 9.86. The van der Waals surface area contributed by atoms with Crippen LogP contribution >= 0.6 is 37.5 Å². The summed E-state index contributed by atoms with van der Waals surface area (Å²) >= 11 is 9.53. The molecule has 12 heteroatoms. The molecule has 0 aliphatic carbocycles. The van der Waals surface area contributed by atoms with Crippen LogP contribution in [0.3, 0.4) is 0 Å². The predicted octanol–water partition coefficient (Wildman–Crippen LogP) is 0.441. The van der Waals surface area contributed by atoms with Gasteiger partial charge in [0.05, 0.1) is 17.9 Å². The van der Waals surface area contributed by atoms with Gasteiger partial charge in [-0.25, -0.2) is 0 Å². The molecule has 4 aromatic rings. The molecule has 0 spiro atoms. The Hall–Kier alpha value is -0.932. The van der Waals surface area contributed by atoms with Gasteiger partial charge in [0.15, 0.2) is 14.3 Å². The van der Waals surface area contributed by atoms with Gasteiger partial charge in [-0.3, -0.25) is 4.90 Å². The smallest absolute Gasteiger partial charge is 0.156 e. The van der Waals surface area contributed by atoms with Gasteiger partial charge in [-0.1, -0.05) is 128 Å². The third kappa shape index (κ3) is 11.9. The maximum atomic E-state index is 14.6. The Bertz CT molecular complexity index is 1110. The molecule has 0 aliphatic heterocycles. The molecule has 0 heterocycles. The normalized spacial score (nSPS) is 10.1. The molecule has 0 N–H and O–H groups in total. The molecule has 0 aromatic heterocycles. The van der Waals surface area contributed by atoms with Crippen LogP contribution in [0.5, 0.6) is 0 Å². The molecule has 0 bridgehead atoms. The standard InChI is InChI=1S/C28H29NO2P2.CH2Cl2.2ClH.Mo.2O/c1-2-29(23-32(30,25-15-7-3-8-16-25)26-17-9-4-10-18-26)24-33(31,27-19-11-5-12-20-27)28-21-13-6-14-22-28;2-1-3;;;;;/h3-22H,2,23-24H2,1H3;1H2;2*1H;;;/q;;;;;2*-2/p-2. The summed E-state index contributed by atoms with van der Waals surface area (Å²) in [5, 5.41) is 3.49. The molecule has 41 heavy (non-hydrogen) atoms. The summed E-state index contributed by atoms with van der Waals surface area (Å²) < 4.78 is 29.2. The summed E-state index contributed by atoms with van der Waals surface area (Å²) in [6.45, 7) is 2.69. The summed E-state index contributed by atoms with van der Waals surface area (Å²) in [6, 6.07) is 38.7. The average Bonchev–Trinajstić information content (AvgIpc) is 2.95. The van der Waals surface area contributed by atoms with E-state index in [1.165, 1.54) is 0 Å². The monoisotopic (exact) mass is 757 g/mol. The molecule has 0 unspecified atom stereocenters. The number of halogens is 4. The maximum absolute atomic E-state index is 14.6. The number of hydrogen-bond acceptors (Lipinski definition) is 3. The van der Waals surface area contributed by atoms with E-state index in [0.717, 1.165) is 21.2 Å². The topological polar surface area (TPSA) is 94.4 Å². The summed E-state index contributed by atoms with van der Waals surface area (Å²) in [7, 11) is -5.92. The van der Waals surface area contributed by atoms with Gasteiger partial charge in [0.2, 0.25) is 0 Å². The van der Waals surface area contributed by atoms with Gasteiger partial charge in [-0.15, -0.1) is 23.2 Å². The summed E-state index contributed by atoms with van der Waals surface area (Å²) in [5.74, 6) is 0. The Morgan fingerprint density at radius 1 is 0.537 bits per heavy atom. The molecule has 0 atom stereocenters. The Balaban J connectivity index is -0.00000173. The first-order valence-corrected chi connectivity index (χ1v) is 16.6. The molecule has 0 radical (unpaired) electrons. The zero-order valence-corrected chi connectivity index (χ0v) is 29.1. The Morgan fingerprint density at radius 3 is 0.902 bits per heavy atom. The summed E-state index contributed by atoms with van der Waals surface area (Å²) in [4.78, 5) is 2.10. The fourth-order valence-electron chi connectivity index (χ4n) is 4.11. The maximum Gasteiger partial charge on any atom is 0.156 e. The second-order valence-corrected chi connectivity index (χ2v) is 14.6. The molecular formula is C29H31Cl4MoNO4P2-6. The van der Waals surface area contributed by atoms with E-state index in [-0.39, 0.29) is 62.2 Å². The fraction of sp³-hybridized carbons (Fsp3) is 0.172. The molecule has 5 nitrogen and oxygen atoms in total. The predicted molar refractivity (Wildman–Crippen MR) is 160 cm³/mol. The van der Waals surface area contributed by atoms with Crippen molar-refractivity contribution in [2.75, 3.05) is 24.5 Å². The van der Waals surface area contributed by atoms with Crippen LogP contribution in [-0.2, 0) is 41.1 Å². The molecule has 4 rings (SSSR count). The van der Waals surface area contributed by atoms with Gasteiger partial charge >= 0.3 is 0 Å². The van der Waals surface area contributed by atoms with Gasteiger partial charge in [-0.2, -0.15) is 0 Å². The molecule has 0 saturated heterocycles. The van der Waals surface area contributed by atoms with Crippen molar-refractivity contribution in [1.29, 1.82) is 0 Å². The van der Waals surface area contributed by atoms with E-state index in [9.17, 15) is 9.13 Å². The van der Waals surface area contributed by atoms with Gasteiger partial charge in [0.25, 0.3) is 0 Å². The van der Waals surface area contributed by atoms with E-state index < -0.39 is 14.3 Å². The molecule has 4 aromatic carbocycles. The molecule has 0 aliphatic rings. The summed E-state index contributed by atoms with van der Waals surface area (Å²) in [6.07, 6.45) is 0.669. The van der Waals surface area contributed by atoms with Crippen molar-refractivity contribution >= 4 is 58.7 Å².